The molecule has 1 amide bonds. The normalized spacial score (nSPS) is 12.5. The lowest BCUT2D eigenvalue weighted by Crippen LogP contribution is -2.45. The number of sulfonamides is 1. The van der Waals surface area contributed by atoms with Crippen molar-refractivity contribution in [3.63, 3.8) is 0 Å². The SMILES string of the molecule is Cc1ccc(NC(=O)C(Cc2ccccc2)NS(=O)(=O)c2ccc(Br)s2)cc1. The highest BCUT2D eigenvalue weighted by molar-refractivity contribution is 9.11. The van der Waals surface area contributed by atoms with Crippen LogP contribution in [-0.4, -0.2) is 20.4 Å². The number of anilines is 1. The van der Waals surface area contributed by atoms with Gasteiger partial charge in [-0.1, -0.05) is 48.0 Å². The van der Waals surface area contributed by atoms with Crippen molar-refractivity contribution in [2.75, 3.05) is 5.32 Å². The Morgan fingerprint density at radius 2 is 1.71 bits per heavy atom. The van der Waals surface area contributed by atoms with E-state index in [0.717, 1.165) is 22.5 Å². The Morgan fingerprint density at radius 1 is 1.04 bits per heavy atom. The van der Waals surface area contributed by atoms with Gasteiger partial charge < -0.3 is 5.32 Å². The van der Waals surface area contributed by atoms with E-state index in [1.54, 1.807) is 18.2 Å². The van der Waals surface area contributed by atoms with Crippen molar-refractivity contribution in [1.29, 1.82) is 0 Å². The summed E-state index contributed by atoms with van der Waals surface area (Å²) in [6, 6.07) is 18.9. The van der Waals surface area contributed by atoms with E-state index >= 15 is 0 Å². The highest BCUT2D eigenvalue weighted by Gasteiger charge is 2.27. The smallest absolute Gasteiger partial charge is 0.250 e. The molecule has 0 radical (unpaired) electrons. The van der Waals surface area contributed by atoms with Crippen LogP contribution >= 0.6 is 27.3 Å². The van der Waals surface area contributed by atoms with Crippen molar-refractivity contribution in [3.05, 3.63) is 81.6 Å². The minimum absolute atomic E-state index is 0.153. The molecule has 0 bridgehead atoms. The summed E-state index contributed by atoms with van der Waals surface area (Å²) in [5.74, 6) is -0.410. The number of halogens is 1. The van der Waals surface area contributed by atoms with Crippen molar-refractivity contribution in [2.24, 2.45) is 0 Å². The standard InChI is InChI=1S/C20H19BrN2O3S2/c1-14-7-9-16(10-8-14)22-20(24)17(13-15-5-3-2-4-6-15)23-28(25,26)19-12-11-18(21)27-19/h2-12,17,23H,13H2,1H3,(H,22,24). The molecule has 1 atom stereocenters. The quantitative estimate of drug-likeness (QED) is 0.529. The molecule has 0 aliphatic heterocycles. The van der Waals surface area contributed by atoms with Crippen molar-refractivity contribution >= 4 is 48.9 Å². The number of hydrogen-bond donors (Lipinski definition) is 2. The molecule has 3 aromatic rings. The second-order valence-corrected chi connectivity index (χ2v) is 10.7. The molecule has 146 valence electrons. The molecule has 0 aliphatic rings. The van der Waals surface area contributed by atoms with E-state index in [-0.39, 0.29) is 10.6 Å². The summed E-state index contributed by atoms with van der Waals surface area (Å²) < 4.78 is 28.9. The van der Waals surface area contributed by atoms with Crippen LogP contribution in [0.1, 0.15) is 11.1 Å². The predicted molar refractivity (Wildman–Crippen MR) is 116 cm³/mol. The molecule has 3 rings (SSSR count). The lowest BCUT2D eigenvalue weighted by molar-refractivity contribution is -0.117. The van der Waals surface area contributed by atoms with Crippen LogP contribution in [0.25, 0.3) is 0 Å². The first-order valence-electron chi connectivity index (χ1n) is 8.52. The molecule has 5 nitrogen and oxygen atoms in total. The molecule has 28 heavy (non-hydrogen) atoms. The maximum atomic E-state index is 12.9. The molecule has 2 N–H and O–H groups in total. The van der Waals surface area contributed by atoms with Gasteiger partial charge in [0.05, 0.1) is 3.79 Å². The summed E-state index contributed by atoms with van der Waals surface area (Å²) in [4.78, 5) is 12.9. The monoisotopic (exact) mass is 478 g/mol. The van der Waals surface area contributed by atoms with Gasteiger partial charge in [-0.25, -0.2) is 8.42 Å². The van der Waals surface area contributed by atoms with E-state index in [9.17, 15) is 13.2 Å². The molecule has 0 fully saturated rings. The number of carbonyl (C=O) groups excluding carboxylic acids is 1. The Balaban J connectivity index is 1.83. The van der Waals surface area contributed by atoms with Crippen molar-refractivity contribution < 1.29 is 13.2 Å². The molecule has 2 aromatic carbocycles. The van der Waals surface area contributed by atoms with E-state index in [1.807, 2.05) is 49.4 Å². The maximum absolute atomic E-state index is 12.9. The zero-order valence-corrected chi connectivity index (χ0v) is 18.3. The number of aryl methyl sites for hydroxylation is 1. The largest absolute Gasteiger partial charge is 0.325 e. The lowest BCUT2D eigenvalue weighted by atomic mass is 10.1. The number of nitrogens with one attached hydrogen (secondary N) is 2. The number of thiophene rings is 1. The van der Waals surface area contributed by atoms with E-state index in [1.165, 1.54) is 6.07 Å². The summed E-state index contributed by atoms with van der Waals surface area (Å²) in [6.45, 7) is 1.96. The first-order chi connectivity index (χ1) is 13.3. The average molecular weight is 479 g/mol. The molecular formula is C20H19BrN2O3S2. The van der Waals surface area contributed by atoms with Gasteiger partial charge in [0.1, 0.15) is 10.3 Å². The number of amides is 1. The van der Waals surface area contributed by atoms with Gasteiger partial charge in [-0.15, -0.1) is 11.3 Å². The summed E-state index contributed by atoms with van der Waals surface area (Å²) in [6.07, 6.45) is 0.240. The van der Waals surface area contributed by atoms with Gasteiger partial charge in [0.15, 0.2) is 0 Å². The van der Waals surface area contributed by atoms with Gasteiger partial charge in [0, 0.05) is 5.69 Å². The second kappa shape index (κ2) is 9.00. The first-order valence-corrected chi connectivity index (χ1v) is 11.6. The maximum Gasteiger partial charge on any atom is 0.250 e. The third-order valence-corrected chi connectivity index (χ3v) is 7.62. The van der Waals surface area contributed by atoms with Crippen LogP contribution in [0, 0.1) is 6.92 Å². The number of rotatable bonds is 7. The van der Waals surface area contributed by atoms with Gasteiger partial charge >= 0.3 is 0 Å². The summed E-state index contributed by atoms with van der Waals surface area (Å²) in [5, 5.41) is 2.80. The van der Waals surface area contributed by atoms with Crippen LogP contribution in [0.4, 0.5) is 5.69 Å². The van der Waals surface area contributed by atoms with Crippen molar-refractivity contribution in [1.82, 2.24) is 4.72 Å². The molecule has 0 saturated heterocycles. The fraction of sp³-hybridized carbons (Fsp3) is 0.150. The number of benzene rings is 2. The fourth-order valence-corrected chi connectivity index (χ4v) is 5.81. The van der Waals surface area contributed by atoms with Crippen LogP contribution in [-0.2, 0) is 21.2 Å². The van der Waals surface area contributed by atoms with Crippen LogP contribution in [0.15, 0.2) is 74.7 Å². The molecular weight excluding hydrogens is 460 g/mol. The first kappa shape index (κ1) is 20.7. The Kier molecular flexibility index (Phi) is 6.66. The Morgan fingerprint density at radius 3 is 2.32 bits per heavy atom. The van der Waals surface area contributed by atoms with Crippen molar-refractivity contribution in [2.45, 2.75) is 23.6 Å². The van der Waals surface area contributed by atoms with Crippen LogP contribution in [0.5, 0.6) is 0 Å². The third kappa shape index (κ3) is 5.51. The molecule has 0 saturated carbocycles. The van der Waals surface area contributed by atoms with Crippen LogP contribution < -0.4 is 10.0 Å². The van der Waals surface area contributed by atoms with Gasteiger partial charge in [-0.05, 0) is 59.1 Å². The van der Waals surface area contributed by atoms with E-state index in [0.29, 0.717) is 9.47 Å². The van der Waals surface area contributed by atoms with E-state index in [4.69, 9.17) is 0 Å². The highest BCUT2D eigenvalue weighted by Crippen LogP contribution is 2.26. The van der Waals surface area contributed by atoms with Crippen LogP contribution in [0.2, 0.25) is 0 Å². The second-order valence-electron chi connectivity index (χ2n) is 6.28. The number of carbonyl (C=O) groups is 1. The zero-order valence-electron chi connectivity index (χ0n) is 15.1. The summed E-state index contributed by atoms with van der Waals surface area (Å²) in [5.41, 5.74) is 2.55. The Labute approximate surface area is 177 Å². The average Bonchev–Trinajstić information content (AvgIpc) is 3.11. The minimum Gasteiger partial charge on any atom is -0.325 e. The summed E-state index contributed by atoms with van der Waals surface area (Å²) >= 11 is 4.37. The van der Waals surface area contributed by atoms with Gasteiger partial charge in [0.25, 0.3) is 10.0 Å². The summed E-state index contributed by atoms with van der Waals surface area (Å²) in [7, 11) is -3.83. The van der Waals surface area contributed by atoms with Gasteiger partial charge in [-0.3, -0.25) is 4.79 Å². The Hall–Kier alpha value is -2.00. The topological polar surface area (TPSA) is 75.3 Å². The molecule has 0 spiro atoms. The highest BCUT2D eigenvalue weighted by atomic mass is 79.9. The lowest BCUT2D eigenvalue weighted by Gasteiger charge is -2.18. The molecule has 8 heteroatoms. The van der Waals surface area contributed by atoms with Crippen molar-refractivity contribution in [3.8, 4) is 0 Å². The third-order valence-electron chi connectivity index (χ3n) is 4.03. The number of hydrogen-bond acceptors (Lipinski definition) is 4. The fourth-order valence-electron chi connectivity index (χ4n) is 2.59. The van der Waals surface area contributed by atoms with E-state index < -0.39 is 22.0 Å². The molecule has 1 heterocycles. The molecule has 1 aromatic heterocycles. The molecule has 0 aliphatic carbocycles. The molecule has 1 unspecified atom stereocenters. The van der Waals surface area contributed by atoms with Crippen LogP contribution in [0.3, 0.4) is 0 Å². The predicted octanol–water partition coefficient (Wildman–Crippen LogP) is 4.35. The van der Waals surface area contributed by atoms with Gasteiger partial charge in [0.2, 0.25) is 5.91 Å². The Bertz CT molecular complexity index is 1050. The van der Waals surface area contributed by atoms with Gasteiger partial charge in [-0.2, -0.15) is 4.72 Å². The van der Waals surface area contributed by atoms with E-state index in [2.05, 4.69) is 26.0 Å². The zero-order chi connectivity index (χ0) is 20.1. The minimum atomic E-state index is -3.83.